The summed E-state index contributed by atoms with van der Waals surface area (Å²) in [5, 5.41) is 16.1. The molecule has 17 heavy (non-hydrogen) atoms. The molecule has 1 aromatic rings. The molecule has 1 aliphatic rings. The molecule has 96 valence electrons. The van der Waals surface area contributed by atoms with Gasteiger partial charge in [0.1, 0.15) is 0 Å². The molecule has 0 bridgehead atoms. The van der Waals surface area contributed by atoms with Gasteiger partial charge in [-0.1, -0.05) is 31.7 Å². The second-order valence-corrected chi connectivity index (χ2v) is 6.24. The fourth-order valence-electron chi connectivity index (χ4n) is 2.54. The molecule has 0 saturated heterocycles. The van der Waals surface area contributed by atoms with Crippen molar-refractivity contribution in [3.8, 4) is 0 Å². The second kappa shape index (κ2) is 5.98. The van der Waals surface area contributed by atoms with E-state index in [-0.39, 0.29) is 0 Å². The van der Waals surface area contributed by atoms with E-state index in [0.29, 0.717) is 6.04 Å². The normalized spacial score (nSPS) is 22.0. The van der Waals surface area contributed by atoms with Gasteiger partial charge in [-0.2, -0.15) is 0 Å². The van der Waals surface area contributed by atoms with Gasteiger partial charge in [-0.15, -0.1) is 11.3 Å². The van der Waals surface area contributed by atoms with Crippen molar-refractivity contribution in [1.29, 1.82) is 0 Å². The van der Waals surface area contributed by atoms with Crippen LogP contribution in [-0.2, 0) is 0 Å². The molecule has 2 N–H and O–H groups in total. The zero-order valence-corrected chi connectivity index (χ0v) is 11.4. The molecular weight excluding hydrogens is 230 g/mol. The van der Waals surface area contributed by atoms with Crippen LogP contribution in [0.3, 0.4) is 0 Å². The zero-order valence-electron chi connectivity index (χ0n) is 10.6. The van der Waals surface area contributed by atoms with Crippen molar-refractivity contribution in [3.05, 3.63) is 22.4 Å². The lowest BCUT2D eigenvalue weighted by molar-refractivity contribution is 0.0232. The molecule has 2 nitrogen and oxygen atoms in total. The quantitative estimate of drug-likeness (QED) is 0.805. The summed E-state index contributed by atoms with van der Waals surface area (Å²) >= 11 is 1.78. The maximum Gasteiger partial charge on any atom is 0.0771 e. The number of thiophene rings is 1. The molecule has 1 atom stereocenters. The molecule has 0 radical (unpaired) electrons. The summed E-state index contributed by atoms with van der Waals surface area (Å²) in [7, 11) is 0. The first-order chi connectivity index (χ1) is 8.20. The molecule has 1 aromatic heterocycles. The minimum atomic E-state index is -0.470. The molecule has 1 saturated carbocycles. The van der Waals surface area contributed by atoms with Crippen LogP contribution in [0.4, 0.5) is 0 Å². The third kappa shape index (κ3) is 3.80. The first-order valence-corrected chi connectivity index (χ1v) is 7.57. The third-order valence-electron chi connectivity index (χ3n) is 3.74. The summed E-state index contributed by atoms with van der Waals surface area (Å²) in [6, 6.07) is 4.58. The van der Waals surface area contributed by atoms with E-state index in [1.54, 1.807) is 11.3 Å². The van der Waals surface area contributed by atoms with Gasteiger partial charge in [0.15, 0.2) is 0 Å². The van der Waals surface area contributed by atoms with Crippen LogP contribution < -0.4 is 5.32 Å². The van der Waals surface area contributed by atoms with Gasteiger partial charge in [0.25, 0.3) is 0 Å². The number of hydrogen-bond acceptors (Lipinski definition) is 3. The van der Waals surface area contributed by atoms with Crippen LogP contribution in [0.2, 0.25) is 0 Å². The summed E-state index contributed by atoms with van der Waals surface area (Å²) in [4.78, 5) is 1.35. The lowest BCUT2D eigenvalue weighted by atomic mass is 9.94. The van der Waals surface area contributed by atoms with Crippen molar-refractivity contribution in [1.82, 2.24) is 5.32 Å². The van der Waals surface area contributed by atoms with Crippen molar-refractivity contribution < 1.29 is 5.11 Å². The standard InChI is InChI=1S/C14H23NOS/c1-12(13-7-6-10-17-13)15-11-14(16)8-4-2-3-5-9-14/h6-7,10,12,15-16H,2-5,8-9,11H2,1H3. The number of hydrogen-bond donors (Lipinski definition) is 2. The minimum absolute atomic E-state index is 0.349. The van der Waals surface area contributed by atoms with E-state index < -0.39 is 5.60 Å². The van der Waals surface area contributed by atoms with Gasteiger partial charge in [0.05, 0.1) is 5.60 Å². The van der Waals surface area contributed by atoms with E-state index in [1.807, 2.05) is 0 Å². The highest BCUT2D eigenvalue weighted by Crippen LogP contribution is 2.27. The van der Waals surface area contributed by atoms with Gasteiger partial charge in [0.2, 0.25) is 0 Å². The van der Waals surface area contributed by atoms with Gasteiger partial charge in [-0.25, -0.2) is 0 Å². The van der Waals surface area contributed by atoms with Crippen molar-refractivity contribution >= 4 is 11.3 Å². The van der Waals surface area contributed by atoms with Crippen LogP contribution in [0, 0.1) is 0 Å². The summed E-state index contributed by atoms with van der Waals surface area (Å²) in [5.74, 6) is 0. The third-order valence-corrected chi connectivity index (χ3v) is 4.80. The Morgan fingerprint density at radius 2 is 2.06 bits per heavy atom. The maximum absolute atomic E-state index is 10.5. The Hall–Kier alpha value is -0.380. The van der Waals surface area contributed by atoms with Crippen LogP contribution >= 0.6 is 11.3 Å². The second-order valence-electron chi connectivity index (χ2n) is 5.26. The molecule has 1 aliphatic carbocycles. The van der Waals surface area contributed by atoms with Crippen LogP contribution in [0.1, 0.15) is 56.4 Å². The Labute approximate surface area is 108 Å². The highest BCUT2D eigenvalue weighted by molar-refractivity contribution is 7.10. The van der Waals surface area contributed by atoms with Crippen molar-refractivity contribution in [2.45, 2.75) is 57.1 Å². The summed E-state index contributed by atoms with van der Waals surface area (Å²) in [6.07, 6.45) is 6.82. The van der Waals surface area contributed by atoms with Gasteiger partial charge in [-0.05, 0) is 31.2 Å². The van der Waals surface area contributed by atoms with E-state index in [9.17, 15) is 5.11 Å². The Morgan fingerprint density at radius 1 is 1.35 bits per heavy atom. The van der Waals surface area contributed by atoms with E-state index >= 15 is 0 Å². The van der Waals surface area contributed by atoms with Gasteiger partial charge in [0, 0.05) is 17.5 Å². The topological polar surface area (TPSA) is 32.3 Å². The summed E-state index contributed by atoms with van der Waals surface area (Å²) < 4.78 is 0. The molecule has 0 aliphatic heterocycles. The predicted octanol–water partition coefficient (Wildman–Crippen LogP) is 3.48. The molecular formula is C14H23NOS. The monoisotopic (exact) mass is 253 g/mol. The largest absolute Gasteiger partial charge is 0.389 e. The van der Waals surface area contributed by atoms with E-state index in [0.717, 1.165) is 19.4 Å². The van der Waals surface area contributed by atoms with Crippen molar-refractivity contribution in [3.63, 3.8) is 0 Å². The lowest BCUT2D eigenvalue weighted by Crippen LogP contribution is -2.40. The van der Waals surface area contributed by atoms with E-state index in [4.69, 9.17) is 0 Å². The van der Waals surface area contributed by atoms with Crippen molar-refractivity contribution in [2.75, 3.05) is 6.54 Å². The van der Waals surface area contributed by atoms with Crippen LogP contribution in [0.5, 0.6) is 0 Å². The molecule has 3 heteroatoms. The summed E-state index contributed by atoms with van der Waals surface area (Å²) in [5.41, 5.74) is -0.470. The first kappa shape index (κ1) is 13.1. The molecule has 0 spiro atoms. The fourth-order valence-corrected chi connectivity index (χ4v) is 3.30. The highest BCUT2D eigenvalue weighted by Gasteiger charge is 2.28. The predicted molar refractivity (Wildman–Crippen MR) is 73.4 cm³/mol. The Morgan fingerprint density at radius 3 is 2.65 bits per heavy atom. The maximum atomic E-state index is 10.5. The number of aliphatic hydroxyl groups is 1. The van der Waals surface area contributed by atoms with Crippen LogP contribution in [0.25, 0.3) is 0 Å². The van der Waals surface area contributed by atoms with E-state index in [1.165, 1.54) is 30.6 Å². The highest BCUT2D eigenvalue weighted by atomic mass is 32.1. The molecule has 0 amide bonds. The Balaban J connectivity index is 1.84. The van der Waals surface area contributed by atoms with Gasteiger partial charge < -0.3 is 10.4 Å². The molecule has 0 aromatic carbocycles. The molecule has 2 rings (SSSR count). The van der Waals surface area contributed by atoms with Crippen LogP contribution in [-0.4, -0.2) is 17.3 Å². The summed E-state index contributed by atoms with van der Waals surface area (Å²) in [6.45, 7) is 2.90. The lowest BCUT2D eigenvalue weighted by Gasteiger charge is -2.28. The average molecular weight is 253 g/mol. The number of rotatable bonds is 4. The van der Waals surface area contributed by atoms with Gasteiger partial charge in [-0.3, -0.25) is 0 Å². The Kier molecular flexibility index (Phi) is 4.60. The SMILES string of the molecule is CC(NCC1(O)CCCCCC1)c1cccs1. The average Bonchev–Trinajstić information content (AvgIpc) is 2.77. The van der Waals surface area contributed by atoms with Gasteiger partial charge >= 0.3 is 0 Å². The van der Waals surface area contributed by atoms with E-state index in [2.05, 4.69) is 29.8 Å². The van der Waals surface area contributed by atoms with Crippen LogP contribution in [0.15, 0.2) is 17.5 Å². The molecule has 1 heterocycles. The molecule has 1 unspecified atom stereocenters. The number of nitrogens with one attached hydrogen (secondary N) is 1. The first-order valence-electron chi connectivity index (χ1n) is 6.69. The smallest absolute Gasteiger partial charge is 0.0771 e. The zero-order chi connectivity index (χ0) is 12.1. The fraction of sp³-hybridized carbons (Fsp3) is 0.714. The van der Waals surface area contributed by atoms with Crippen molar-refractivity contribution in [2.24, 2.45) is 0 Å². The molecule has 1 fully saturated rings. The minimum Gasteiger partial charge on any atom is -0.389 e. The Bertz CT molecular complexity index is 315.